The van der Waals surface area contributed by atoms with Crippen molar-refractivity contribution in [3.63, 3.8) is 0 Å². The van der Waals surface area contributed by atoms with Gasteiger partial charge >= 0.3 is 0 Å². The van der Waals surface area contributed by atoms with Gasteiger partial charge < -0.3 is 10.5 Å². The van der Waals surface area contributed by atoms with Crippen LogP contribution < -0.4 is 5.73 Å². The Morgan fingerprint density at radius 3 is 2.67 bits per heavy atom. The van der Waals surface area contributed by atoms with Gasteiger partial charge in [-0.1, -0.05) is 6.92 Å². The Morgan fingerprint density at radius 1 is 1.42 bits per heavy atom. The van der Waals surface area contributed by atoms with Gasteiger partial charge in [0, 0.05) is 19.1 Å². The largest absolute Gasteiger partial charge is 0.379 e. The second-order valence-electron chi connectivity index (χ2n) is 3.26. The fraction of sp³-hybridized carbons (Fsp3) is 1.00. The zero-order valence-electron chi connectivity index (χ0n) is 7.96. The lowest BCUT2D eigenvalue weighted by Crippen LogP contribution is -2.30. The lowest BCUT2D eigenvalue weighted by Gasteiger charge is -2.19. The molecule has 2 N–H and O–H groups in total. The third-order valence-electron chi connectivity index (χ3n) is 2.25. The average molecular weight is 172 g/mol. The highest BCUT2D eigenvalue weighted by Gasteiger charge is 2.26. The monoisotopic (exact) mass is 172 g/mol. The normalized spacial score (nSPS) is 17.2. The van der Waals surface area contributed by atoms with Gasteiger partial charge in [0.15, 0.2) is 0 Å². The fourth-order valence-corrected chi connectivity index (χ4v) is 1.41. The molecule has 0 atom stereocenters. The molecule has 1 aliphatic carbocycles. The molecule has 3 heteroatoms. The van der Waals surface area contributed by atoms with Crippen LogP contribution in [-0.2, 0) is 4.74 Å². The minimum absolute atomic E-state index is 0.634. The van der Waals surface area contributed by atoms with Crippen molar-refractivity contribution in [2.24, 2.45) is 5.73 Å². The van der Waals surface area contributed by atoms with Crippen molar-refractivity contribution in [3.8, 4) is 0 Å². The van der Waals surface area contributed by atoms with E-state index in [1.165, 1.54) is 12.8 Å². The first-order valence-electron chi connectivity index (χ1n) is 4.90. The van der Waals surface area contributed by atoms with Gasteiger partial charge in [-0.05, 0) is 19.4 Å². The van der Waals surface area contributed by atoms with E-state index in [0.29, 0.717) is 13.2 Å². The van der Waals surface area contributed by atoms with E-state index >= 15 is 0 Å². The lowest BCUT2D eigenvalue weighted by atomic mass is 10.4. The minimum Gasteiger partial charge on any atom is -0.379 e. The third kappa shape index (κ3) is 3.52. The van der Waals surface area contributed by atoms with E-state index in [1.807, 2.05) is 0 Å². The molecule has 1 rings (SSSR count). The molecule has 0 aromatic heterocycles. The van der Waals surface area contributed by atoms with Crippen LogP contribution in [0.4, 0.5) is 0 Å². The standard InChI is InChI=1S/C9H20N2O/c1-2-11(9-3-4-9)6-8-12-7-5-10/h9H,2-8,10H2,1H3. The van der Waals surface area contributed by atoms with E-state index in [9.17, 15) is 0 Å². The number of nitrogens with zero attached hydrogens (tertiary/aromatic N) is 1. The Morgan fingerprint density at radius 2 is 2.17 bits per heavy atom. The molecular weight excluding hydrogens is 152 g/mol. The first-order chi connectivity index (χ1) is 5.88. The molecule has 0 aromatic rings. The molecule has 3 nitrogen and oxygen atoms in total. The fourth-order valence-electron chi connectivity index (χ4n) is 1.41. The second kappa shape index (κ2) is 5.51. The molecule has 0 aromatic carbocycles. The van der Waals surface area contributed by atoms with E-state index < -0.39 is 0 Å². The van der Waals surface area contributed by atoms with Crippen molar-refractivity contribution in [3.05, 3.63) is 0 Å². The van der Waals surface area contributed by atoms with Gasteiger partial charge in [-0.3, -0.25) is 4.90 Å². The van der Waals surface area contributed by atoms with Crippen LogP contribution in [0.2, 0.25) is 0 Å². The van der Waals surface area contributed by atoms with Gasteiger partial charge in [-0.15, -0.1) is 0 Å². The quantitative estimate of drug-likeness (QED) is 0.567. The van der Waals surface area contributed by atoms with E-state index in [2.05, 4.69) is 11.8 Å². The van der Waals surface area contributed by atoms with Crippen LogP contribution in [0.15, 0.2) is 0 Å². The molecule has 0 spiro atoms. The van der Waals surface area contributed by atoms with Crippen molar-refractivity contribution in [2.75, 3.05) is 32.8 Å². The van der Waals surface area contributed by atoms with E-state index in [1.54, 1.807) is 0 Å². The molecule has 0 amide bonds. The minimum atomic E-state index is 0.634. The van der Waals surface area contributed by atoms with Crippen LogP contribution >= 0.6 is 0 Å². The van der Waals surface area contributed by atoms with Crippen LogP contribution in [-0.4, -0.2) is 43.8 Å². The Balaban J connectivity index is 1.95. The van der Waals surface area contributed by atoms with E-state index in [0.717, 1.165) is 25.7 Å². The van der Waals surface area contributed by atoms with Crippen LogP contribution in [0.3, 0.4) is 0 Å². The van der Waals surface area contributed by atoms with Crippen LogP contribution in [0.1, 0.15) is 19.8 Å². The Labute approximate surface area is 74.9 Å². The molecule has 72 valence electrons. The van der Waals surface area contributed by atoms with Crippen molar-refractivity contribution >= 4 is 0 Å². The van der Waals surface area contributed by atoms with Crippen LogP contribution in [0.25, 0.3) is 0 Å². The van der Waals surface area contributed by atoms with Crippen molar-refractivity contribution in [2.45, 2.75) is 25.8 Å². The summed E-state index contributed by atoms with van der Waals surface area (Å²) >= 11 is 0. The molecule has 0 radical (unpaired) electrons. The number of nitrogens with two attached hydrogens (primary N) is 1. The molecule has 0 saturated heterocycles. The molecule has 0 aliphatic heterocycles. The Kier molecular flexibility index (Phi) is 4.58. The summed E-state index contributed by atoms with van der Waals surface area (Å²) in [5.74, 6) is 0. The SMILES string of the molecule is CCN(CCOCCN)C1CC1. The van der Waals surface area contributed by atoms with Crippen molar-refractivity contribution in [1.29, 1.82) is 0 Å². The Bertz CT molecular complexity index is 115. The predicted molar refractivity (Wildman–Crippen MR) is 50.1 cm³/mol. The summed E-state index contributed by atoms with van der Waals surface area (Å²) in [6.07, 6.45) is 2.76. The summed E-state index contributed by atoms with van der Waals surface area (Å²) in [4.78, 5) is 2.48. The predicted octanol–water partition coefficient (Wildman–Crippen LogP) is 0.446. The number of ether oxygens (including phenoxy) is 1. The molecular formula is C9H20N2O. The van der Waals surface area contributed by atoms with Crippen molar-refractivity contribution < 1.29 is 4.74 Å². The third-order valence-corrected chi connectivity index (χ3v) is 2.25. The maximum atomic E-state index is 5.33. The topological polar surface area (TPSA) is 38.5 Å². The van der Waals surface area contributed by atoms with Gasteiger partial charge in [0.25, 0.3) is 0 Å². The highest BCUT2D eigenvalue weighted by atomic mass is 16.5. The van der Waals surface area contributed by atoms with E-state index in [4.69, 9.17) is 10.5 Å². The molecule has 1 saturated carbocycles. The molecule has 0 heterocycles. The molecule has 1 fully saturated rings. The van der Waals surface area contributed by atoms with Gasteiger partial charge in [0.1, 0.15) is 0 Å². The summed E-state index contributed by atoms with van der Waals surface area (Å²) in [5, 5.41) is 0. The summed E-state index contributed by atoms with van der Waals surface area (Å²) in [7, 11) is 0. The molecule has 0 bridgehead atoms. The van der Waals surface area contributed by atoms with Crippen molar-refractivity contribution in [1.82, 2.24) is 4.90 Å². The molecule has 12 heavy (non-hydrogen) atoms. The summed E-state index contributed by atoms with van der Waals surface area (Å²) < 4.78 is 5.33. The highest BCUT2D eigenvalue weighted by molar-refractivity contribution is 4.83. The zero-order chi connectivity index (χ0) is 8.81. The van der Waals surface area contributed by atoms with Gasteiger partial charge in [0.05, 0.1) is 13.2 Å². The number of likely N-dealkylation sites (N-methyl/N-ethyl adjacent to an activating group) is 1. The van der Waals surface area contributed by atoms with Gasteiger partial charge in [-0.25, -0.2) is 0 Å². The molecule has 1 aliphatic rings. The summed E-state index contributed by atoms with van der Waals surface area (Å²) in [5.41, 5.74) is 5.31. The number of hydrogen-bond donors (Lipinski definition) is 1. The van der Waals surface area contributed by atoms with E-state index in [-0.39, 0.29) is 0 Å². The number of rotatable bonds is 7. The van der Waals surface area contributed by atoms with Crippen LogP contribution in [0.5, 0.6) is 0 Å². The summed E-state index contributed by atoms with van der Waals surface area (Å²) in [6, 6.07) is 0.858. The summed E-state index contributed by atoms with van der Waals surface area (Å²) in [6.45, 7) is 6.60. The second-order valence-corrected chi connectivity index (χ2v) is 3.26. The average Bonchev–Trinajstić information content (AvgIpc) is 2.88. The molecule has 0 unspecified atom stereocenters. The zero-order valence-corrected chi connectivity index (χ0v) is 7.96. The Hall–Kier alpha value is -0.120. The lowest BCUT2D eigenvalue weighted by molar-refractivity contribution is 0.108. The van der Waals surface area contributed by atoms with Gasteiger partial charge in [-0.2, -0.15) is 0 Å². The smallest absolute Gasteiger partial charge is 0.0594 e. The highest BCUT2D eigenvalue weighted by Crippen LogP contribution is 2.25. The maximum Gasteiger partial charge on any atom is 0.0594 e. The van der Waals surface area contributed by atoms with Crippen LogP contribution in [0, 0.1) is 0 Å². The number of hydrogen-bond acceptors (Lipinski definition) is 3. The maximum absolute atomic E-state index is 5.33. The van der Waals surface area contributed by atoms with Gasteiger partial charge in [0.2, 0.25) is 0 Å². The first-order valence-corrected chi connectivity index (χ1v) is 4.90. The first kappa shape index (κ1) is 9.96.